The van der Waals surface area contributed by atoms with E-state index in [-0.39, 0.29) is 12.1 Å². The van der Waals surface area contributed by atoms with Gasteiger partial charge in [-0.15, -0.1) is 0 Å². The van der Waals surface area contributed by atoms with Gasteiger partial charge in [0.25, 0.3) is 0 Å². The molecule has 0 aliphatic carbocycles. The van der Waals surface area contributed by atoms with E-state index < -0.39 is 10.8 Å². The summed E-state index contributed by atoms with van der Waals surface area (Å²) in [6, 6.07) is 6.73. The number of aryl methyl sites for hydroxylation is 2. The Hall–Kier alpha value is -2.15. The van der Waals surface area contributed by atoms with Crippen LogP contribution in [0.5, 0.6) is 0 Å². The summed E-state index contributed by atoms with van der Waals surface area (Å²) in [5.74, 6) is 0. The van der Waals surface area contributed by atoms with E-state index >= 15 is 0 Å². The summed E-state index contributed by atoms with van der Waals surface area (Å²) in [6.45, 7) is 5.97. The highest BCUT2D eigenvalue weighted by Crippen LogP contribution is 2.15. The Labute approximate surface area is 145 Å². The van der Waals surface area contributed by atoms with Crippen molar-refractivity contribution in [3.63, 3.8) is 0 Å². The van der Waals surface area contributed by atoms with Crippen molar-refractivity contribution in [2.75, 3.05) is 11.6 Å². The second-order valence-corrected chi connectivity index (χ2v) is 7.34. The van der Waals surface area contributed by atoms with E-state index in [1.807, 2.05) is 32.5 Å². The SMILES string of the molecule is Cc1nn(C)c(C)c1C[C@@H](C)NC(=O)Nc1cccc([S@@](C)=O)c1. The highest BCUT2D eigenvalue weighted by molar-refractivity contribution is 7.84. The summed E-state index contributed by atoms with van der Waals surface area (Å²) in [6.07, 6.45) is 2.33. The first kappa shape index (κ1) is 18.2. The molecule has 0 unspecified atom stereocenters. The minimum absolute atomic E-state index is 0.0323. The summed E-state index contributed by atoms with van der Waals surface area (Å²) in [7, 11) is 0.843. The Bertz CT molecular complexity index is 770. The van der Waals surface area contributed by atoms with Gasteiger partial charge in [0.15, 0.2) is 0 Å². The van der Waals surface area contributed by atoms with Gasteiger partial charge < -0.3 is 10.6 Å². The zero-order chi connectivity index (χ0) is 17.9. The smallest absolute Gasteiger partial charge is 0.319 e. The number of hydrogen-bond donors (Lipinski definition) is 2. The van der Waals surface area contributed by atoms with Crippen molar-refractivity contribution in [1.29, 1.82) is 0 Å². The molecule has 6 nitrogen and oxygen atoms in total. The number of carbonyl (C=O) groups is 1. The highest BCUT2D eigenvalue weighted by Gasteiger charge is 2.15. The molecule has 0 bridgehead atoms. The van der Waals surface area contributed by atoms with E-state index in [9.17, 15) is 9.00 Å². The Kier molecular flexibility index (Phi) is 5.77. The van der Waals surface area contributed by atoms with Crippen LogP contribution < -0.4 is 10.6 Å². The molecule has 2 aromatic rings. The number of urea groups is 1. The first-order chi connectivity index (χ1) is 11.3. The lowest BCUT2D eigenvalue weighted by molar-refractivity contribution is 0.249. The van der Waals surface area contributed by atoms with Crippen LogP contribution in [-0.2, 0) is 24.3 Å². The number of nitrogens with zero attached hydrogens (tertiary/aromatic N) is 2. The van der Waals surface area contributed by atoms with Gasteiger partial charge in [-0.25, -0.2) is 4.79 Å². The number of benzene rings is 1. The van der Waals surface area contributed by atoms with Crippen LogP contribution in [0, 0.1) is 13.8 Å². The highest BCUT2D eigenvalue weighted by atomic mass is 32.2. The number of hydrogen-bond acceptors (Lipinski definition) is 3. The summed E-state index contributed by atoms with van der Waals surface area (Å²) < 4.78 is 13.4. The van der Waals surface area contributed by atoms with Gasteiger partial charge >= 0.3 is 6.03 Å². The molecule has 1 aromatic carbocycles. The van der Waals surface area contributed by atoms with Crippen molar-refractivity contribution in [2.45, 2.75) is 38.1 Å². The molecule has 0 saturated heterocycles. The van der Waals surface area contributed by atoms with Gasteiger partial charge in [0.1, 0.15) is 0 Å². The largest absolute Gasteiger partial charge is 0.335 e. The number of anilines is 1. The van der Waals surface area contributed by atoms with E-state index in [1.165, 1.54) is 0 Å². The van der Waals surface area contributed by atoms with Crippen molar-refractivity contribution < 1.29 is 9.00 Å². The average Bonchev–Trinajstić information content (AvgIpc) is 2.73. The fourth-order valence-electron chi connectivity index (χ4n) is 2.61. The van der Waals surface area contributed by atoms with Gasteiger partial charge in [0, 0.05) is 46.4 Å². The number of nitrogens with one attached hydrogen (secondary N) is 2. The molecule has 0 fully saturated rings. The number of carbonyl (C=O) groups excluding carboxylic acids is 1. The molecule has 24 heavy (non-hydrogen) atoms. The molecule has 130 valence electrons. The lowest BCUT2D eigenvalue weighted by atomic mass is 10.1. The molecule has 2 N–H and O–H groups in total. The number of rotatable bonds is 5. The molecular weight excluding hydrogens is 324 g/mol. The van der Waals surface area contributed by atoms with E-state index in [0.717, 1.165) is 23.4 Å². The standard InChI is InChI=1S/C17H24N4O2S/c1-11(9-16-12(2)20-21(4)13(16)3)18-17(22)19-14-7-6-8-15(10-14)24(5)23/h6-8,10-11H,9H2,1-5H3,(H2,18,19,22)/t11-,24-/m1/s1. The summed E-state index contributed by atoms with van der Waals surface area (Å²) >= 11 is 0. The maximum atomic E-state index is 12.2. The van der Waals surface area contributed by atoms with Crippen molar-refractivity contribution in [3.8, 4) is 0 Å². The Balaban J connectivity index is 1.97. The van der Waals surface area contributed by atoms with Crippen molar-refractivity contribution in [3.05, 3.63) is 41.2 Å². The van der Waals surface area contributed by atoms with Crippen molar-refractivity contribution in [2.24, 2.45) is 7.05 Å². The van der Waals surface area contributed by atoms with Crippen LogP contribution in [0.15, 0.2) is 29.2 Å². The number of amides is 2. The fraction of sp³-hybridized carbons (Fsp3) is 0.412. The molecule has 1 heterocycles. The van der Waals surface area contributed by atoms with Gasteiger partial charge in [0.05, 0.1) is 5.69 Å². The molecule has 1 aromatic heterocycles. The van der Waals surface area contributed by atoms with Crippen LogP contribution >= 0.6 is 0 Å². The molecule has 7 heteroatoms. The predicted molar refractivity (Wildman–Crippen MR) is 96.8 cm³/mol. The van der Waals surface area contributed by atoms with Gasteiger partial charge in [-0.05, 0) is 51.0 Å². The summed E-state index contributed by atoms with van der Waals surface area (Å²) in [4.78, 5) is 12.8. The van der Waals surface area contributed by atoms with Crippen LogP contribution in [0.25, 0.3) is 0 Å². The van der Waals surface area contributed by atoms with Gasteiger partial charge in [-0.3, -0.25) is 8.89 Å². The normalized spacial score (nSPS) is 13.4. The summed E-state index contributed by atoms with van der Waals surface area (Å²) in [5, 5.41) is 10.1. The molecular formula is C17H24N4O2S. The zero-order valence-electron chi connectivity index (χ0n) is 14.7. The minimum atomic E-state index is -1.08. The maximum Gasteiger partial charge on any atom is 0.319 e. The lowest BCUT2D eigenvalue weighted by Crippen LogP contribution is -2.37. The molecule has 2 rings (SSSR count). The van der Waals surface area contributed by atoms with Crippen molar-refractivity contribution in [1.82, 2.24) is 15.1 Å². The molecule has 0 spiro atoms. The lowest BCUT2D eigenvalue weighted by Gasteiger charge is -2.15. The second kappa shape index (κ2) is 7.61. The van der Waals surface area contributed by atoms with Crippen LogP contribution in [-0.4, -0.2) is 32.3 Å². The first-order valence-electron chi connectivity index (χ1n) is 7.78. The van der Waals surface area contributed by atoms with E-state index in [4.69, 9.17) is 0 Å². The van der Waals surface area contributed by atoms with Gasteiger partial charge in [-0.1, -0.05) is 6.07 Å². The van der Waals surface area contributed by atoms with Crippen LogP contribution in [0.2, 0.25) is 0 Å². The molecule has 2 atom stereocenters. The van der Waals surface area contributed by atoms with Crippen LogP contribution in [0.4, 0.5) is 10.5 Å². The monoisotopic (exact) mass is 348 g/mol. The molecule has 0 aliphatic heterocycles. The predicted octanol–water partition coefficient (Wildman–Crippen LogP) is 2.53. The Morgan fingerprint density at radius 3 is 2.67 bits per heavy atom. The molecule has 0 saturated carbocycles. The minimum Gasteiger partial charge on any atom is -0.335 e. The Morgan fingerprint density at radius 1 is 1.38 bits per heavy atom. The molecule has 0 radical (unpaired) electrons. The third-order valence-corrected chi connectivity index (χ3v) is 4.89. The molecule has 0 aliphatic rings. The van der Waals surface area contributed by atoms with Crippen LogP contribution in [0.3, 0.4) is 0 Å². The quantitative estimate of drug-likeness (QED) is 0.872. The van der Waals surface area contributed by atoms with E-state index in [0.29, 0.717) is 10.6 Å². The van der Waals surface area contributed by atoms with Gasteiger partial charge in [0.2, 0.25) is 0 Å². The summed E-state index contributed by atoms with van der Waals surface area (Å²) in [5.41, 5.74) is 3.89. The fourth-order valence-corrected chi connectivity index (χ4v) is 3.18. The topological polar surface area (TPSA) is 76.0 Å². The van der Waals surface area contributed by atoms with Crippen molar-refractivity contribution >= 4 is 22.5 Å². The third kappa shape index (κ3) is 4.44. The Morgan fingerprint density at radius 2 is 2.08 bits per heavy atom. The average molecular weight is 348 g/mol. The van der Waals surface area contributed by atoms with Gasteiger partial charge in [-0.2, -0.15) is 5.10 Å². The maximum absolute atomic E-state index is 12.2. The van der Waals surface area contributed by atoms with E-state index in [1.54, 1.807) is 30.5 Å². The number of aromatic nitrogens is 2. The van der Waals surface area contributed by atoms with Crippen LogP contribution in [0.1, 0.15) is 23.9 Å². The molecule has 2 amide bonds. The third-order valence-electron chi connectivity index (χ3n) is 3.97. The van der Waals surface area contributed by atoms with E-state index in [2.05, 4.69) is 15.7 Å². The zero-order valence-corrected chi connectivity index (χ0v) is 15.5. The first-order valence-corrected chi connectivity index (χ1v) is 9.33. The second-order valence-electron chi connectivity index (χ2n) is 5.96.